The fraction of sp³-hybridized carbons (Fsp3) is 0.545. The van der Waals surface area contributed by atoms with Gasteiger partial charge < -0.3 is 19.7 Å². The summed E-state index contributed by atoms with van der Waals surface area (Å²) < 4.78 is 12.8. The predicted octanol–water partition coefficient (Wildman–Crippen LogP) is 0.238. The zero-order valence-corrected chi connectivity index (χ0v) is 12.2. The molecule has 1 aliphatic rings. The second-order valence-electron chi connectivity index (χ2n) is 4.44. The zero-order chi connectivity index (χ0) is 14.3. The van der Waals surface area contributed by atoms with Crippen LogP contribution in [0.2, 0.25) is 0 Å². The molecule has 8 nitrogen and oxygen atoms in total. The average molecular weight is 345 g/mol. The van der Waals surface area contributed by atoms with E-state index in [2.05, 4.69) is 30.9 Å². The Morgan fingerprint density at radius 3 is 3.00 bits per heavy atom. The van der Waals surface area contributed by atoms with Crippen LogP contribution in [0, 0.1) is 0 Å². The molecule has 0 aromatic carbocycles. The molecule has 108 valence electrons. The summed E-state index contributed by atoms with van der Waals surface area (Å²) in [5.41, 5.74) is 1.06. The molecular formula is C11H13BrN4O4. The molecule has 0 spiro atoms. The van der Waals surface area contributed by atoms with E-state index < -0.39 is 18.4 Å². The number of aliphatic hydroxyl groups excluding tert-OH is 2. The molecule has 2 N–H and O–H groups in total. The van der Waals surface area contributed by atoms with Crippen molar-refractivity contribution in [1.82, 2.24) is 19.5 Å². The van der Waals surface area contributed by atoms with Gasteiger partial charge >= 0.3 is 0 Å². The first-order valence-corrected chi connectivity index (χ1v) is 6.81. The lowest BCUT2D eigenvalue weighted by Gasteiger charge is -2.13. The molecule has 3 heterocycles. The molecule has 0 bridgehead atoms. The van der Waals surface area contributed by atoms with Crippen LogP contribution < -0.4 is 4.74 Å². The Bertz CT molecular complexity index is 634. The Hall–Kier alpha value is -1.29. The highest BCUT2D eigenvalue weighted by Gasteiger charge is 2.35. The number of nitrogens with zero attached hydrogens (tertiary/aromatic N) is 4. The topological polar surface area (TPSA) is 103 Å². The summed E-state index contributed by atoms with van der Waals surface area (Å²) in [6, 6.07) is 0. The summed E-state index contributed by atoms with van der Waals surface area (Å²) in [5.74, 6) is 0.359. The molecule has 0 unspecified atom stereocenters. The maximum atomic E-state index is 9.80. The van der Waals surface area contributed by atoms with Crippen molar-refractivity contribution in [2.24, 2.45) is 0 Å². The Morgan fingerprint density at radius 1 is 1.55 bits per heavy atom. The molecule has 2 aromatic heterocycles. The second-order valence-corrected chi connectivity index (χ2v) is 5.15. The monoisotopic (exact) mass is 344 g/mol. The zero-order valence-electron chi connectivity index (χ0n) is 10.6. The van der Waals surface area contributed by atoms with Gasteiger partial charge in [0.15, 0.2) is 11.2 Å². The van der Waals surface area contributed by atoms with Crippen LogP contribution in [0.1, 0.15) is 12.6 Å². The molecule has 9 heteroatoms. The van der Waals surface area contributed by atoms with Crippen molar-refractivity contribution >= 4 is 27.1 Å². The van der Waals surface area contributed by atoms with Gasteiger partial charge in [0.25, 0.3) is 0 Å². The van der Waals surface area contributed by atoms with E-state index in [1.54, 1.807) is 10.9 Å². The van der Waals surface area contributed by atoms with Crippen LogP contribution in [-0.4, -0.2) is 55.7 Å². The summed E-state index contributed by atoms with van der Waals surface area (Å²) in [4.78, 5) is 12.6. The third-order valence-corrected chi connectivity index (χ3v) is 3.60. The lowest BCUT2D eigenvalue weighted by Crippen LogP contribution is -2.24. The molecular weight excluding hydrogens is 332 g/mol. The minimum Gasteiger partial charge on any atom is -0.479 e. The molecule has 2 aromatic rings. The molecule has 0 saturated carbocycles. The predicted molar refractivity (Wildman–Crippen MR) is 71.2 cm³/mol. The van der Waals surface area contributed by atoms with Gasteiger partial charge in [0.05, 0.1) is 26.1 Å². The van der Waals surface area contributed by atoms with Crippen LogP contribution in [0.25, 0.3) is 11.2 Å². The molecule has 1 aliphatic heterocycles. The van der Waals surface area contributed by atoms with Crippen LogP contribution in [0.4, 0.5) is 0 Å². The van der Waals surface area contributed by atoms with Gasteiger partial charge in [-0.3, -0.25) is 4.57 Å². The van der Waals surface area contributed by atoms with E-state index in [9.17, 15) is 5.11 Å². The molecule has 0 amide bonds. The Kier molecular flexibility index (Phi) is 3.59. The average Bonchev–Trinajstić information content (AvgIpc) is 3.00. The van der Waals surface area contributed by atoms with Crippen molar-refractivity contribution in [3.8, 4) is 5.88 Å². The molecule has 20 heavy (non-hydrogen) atoms. The van der Waals surface area contributed by atoms with Gasteiger partial charge in [-0.1, -0.05) is 0 Å². The quantitative estimate of drug-likeness (QED) is 0.768. The van der Waals surface area contributed by atoms with Crippen LogP contribution in [0.5, 0.6) is 5.88 Å². The van der Waals surface area contributed by atoms with Gasteiger partial charge in [-0.15, -0.1) is 0 Å². The molecule has 1 fully saturated rings. The Labute approximate surface area is 122 Å². The first-order chi connectivity index (χ1) is 9.63. The van der Waals surface area contributed by atoms with Crippen LogP contribution in [-0.2, 0) is 4.74 Å². The third kappa shape index (κ3) is 2.16. The van der Waals surface area contributed by atoms with Crippen LogP contribution in [0.3, 0.4) is 0 Å². The van der Waals surface area contributed by atoms with Gasteiger partial charge in [-0.25, -0.2) is 9.97 Å². The number of fused-ring (bicyclic) bond motifs is 1. The molecule has 0 radical (unpaired) electrons. The summed E-state index contributed by atoms with van der Waals surface area (Å²) in [6.45, 7) is -0.230. The summed E-state index contributed by atoms with van der Waals surface area (Å²) >= 11 is 3.22. The summed E-state index contributed by atoms with van der Waals surface area (Å²) in [7, 11) is 1.50. The van der Waals surface area contributed by atoms with Crippen molar-refractivity contribution in [3.63, 3.8) is 0 Å². The number of rotatable bonds is 3. The minimum atomic E-state index is -0.713. The standard InChI is InChI=1S/C11H13BrN4O4/c1-19-10-8-9(14-11(12)15-10)16(4-13-8)7-2-5(18)6(3-17)20-7/h4-7,17-18H,2-3H2,1H3/t5-,6+,7+/m1/s1. The van der Waals surface area contributed by atoms with Gasteiger partial charge in [-0.05, 0) is 15.9 Å². The normalized spacial score (nSPS) is 26.3. The second kappa shape index (κ2) is 5.24. The lowest BCUT2D eigenvalue weighted by atomic mass is 10.2. The third-order valence-electron chi connectivity index (χ3n) is 3.25. The van der Waals surface area contributed by atoms with Gasteiger partial charge in [0.2, 0.25) is 10.6 Å². The van der Waals surface area contributed by atoms with E-state index in [1.807, 2.05) is 0 Å². The number of hydrogen-bond acceptors (Lipinski definition) is 7. The smallest absolute Gasteiger partial charge is 0.246 e. The van der Waals surface area contributed by atoms with Crippen LogP contribution in [0.15, 0.2) is 11.1 Å². The highest BCUT2D eigenvalue weighted by molar-refractivity contribution is 9.10. The van der Waals surface area contributed by atoms with E-state index >= 15 is 0 Å². The number of aliphatic hydroxyl groups is 2. The van der Waals surface area contributed by atoms with Gasteiger partial charge in [-0.2, -0.15) is 4.98 Å². The van der Waals surface area contributed by atoms with Gasteiger partial charge in [0, 0.05) is 6.42 Å². The van der Waals surface area contributed by atoms with E-state index in [4.69, 9.17) is 14.6 Å². The number of methoxy groups -OCH3 is 1. The van der Waals surface area contributed by atoms with Crippen molar-refractivity contribution < 1.29 is 19.7 Å². The van der Waals surface area contributed by atoms with Crippen LogP contribution >= 0.6 is 15.9 Å². The number of ether oxygens (including phenoxy) is 2. The number of hydrogen-bond donors (Lipinski definition) is 2. The molecule has 3 rings (SSSR count). The maximum Gasteiger partial charge on any atom is 0.246 e. The highest BCUT2D eigenvalue weighted by atomic mass is 79.9. The van der Waals surface area contributed by atoms with Gasteiger partial charge in [0.1, 0.15) is 12.3 Å². The number of aromatic nitrogens is 4. The molecule has 1 saturated heterocycles. The van der Waals surface area contributed by atoms with Crippen molar-refractivity contribution in [1.29, 1.82) is 0 Å². The van der Waals surface area contributed by atoms with Crippen molar-refractivity contribution in [3.05, 3.63) is 11.1 Å². The summed E-state index contributed by atoms with van der Waals surface area (Å²) in [5, 5.41) is 18.9. The maximum absolute atomic E-state index is 9.80. The summed E-state index contributed by atoms with van der Waals surface area (Å²) in [6.07, 6.45) is 0.185. The largest absolute Gasteiger partial charge is 0.479 e. The number of halogens is 1. The lowest BCUT2D eigenvalue weighted by molar-refractivity contribution is -0.0432. The van der Waals surface area contributed by atoms with E-state index in [0.29, 0.717) is 28.2 Å². The molecule has 0 aliphatic carbocycles. The van der Waals surface area contributed by atoms with E-state index in [-0.39, 0.29) is 6.61 Å². The molecule has 3 atom stereocenters. The van der Waals surface area contributed by atoms with E-state index in [1.165, 1.54) is 7.11 Å². The first-order valence-electron chi connectivity index (χ1n) is 6.02. The highest BCUT2D eigenvalue weighted by Crippen LogP contribution is 2.32. The SMILES string of the molecule is COc1nc(Br)nc2c1ncn2[C@@H]1C[C@@H](O)[C@H](CO)O1. The van der Waals surface area contributed by atoms with E-state index in [0.717, 1.165) is 0 Å². The Morgan fingerprint density at radius 2 is 2.35 bits per heavy atom. The fourth-order valence-electron chi connectivity index (χ4n) is 2.27. The van der Waals surface area contributed by atoms with Crippen molar-refractivity contribution in [2.45, 2.75) is 24.9 Å². The van der Waals surface area contributed by atoms with Crippen molar-refractivity contribution in [2.75, 3.05) is 13.7 Å². The Balaban J connectivity index is 2.03. The fourth-order valence-corrected chi connectivity index (χ4v) is 2.60. The first kappa shape index (κ1) is 13.7. The minimum absolute atomic E-state index is 0.230. The number of imidazole rings is 1.